The van der Waals surface area contributed by atoms with Crippen LogP contribution in [-0.4, -0.2) is 36.5 Å². The van der Waals surface area contributed by atoms with Crippen LogP contribution in [0.15, 0.2) is 18.3 Å². The van der Waals surface area contributed by atoms with Gasteiger partial charge in [0.2, 0.25) is 0 Å². The number of unbranched alkanes of at least 4 members (excludes halogenated alkanes) is 1. The minimum Gasteiger partial charge on any atom is -0.388 e. The topological polar surface area (TPSA) is 54.0 Å². The third-order valence-electron chi connectivity index (χ3n) is 2.34. The van der Waals surface area contributed by atoms with Crippen LogP contribution >= 0.6 is 11.8 Å². The van der Waals surface area contributed by atoms with E-state index in [1.807, 2.05) is 24.9 Å². The first-order chi connectivity index (χ1) is 8.27. The normalized spacial score (nSPS) is 10.0. The smallest absolute Gasteiger partial charge is 0.269 e. The molecule has 5 heteroatoms. The van der Waals surface area contributed by atoms with Crippen molar-refractivity contribution in [3.05, 3.63) is 24.0 Å². The number of aromatic nitrogens is 1. The lowest BCUT2D eigenvalue weighted by atomic mass is 10.3. The fraction of sp³-hybridized carbons (Fsp3) is 0.500. The molecule has 0 aliphatic rings. The van der Waals surface area contributed by atoms with Crippen molar-refractivity contribution in [2.24, 2.45) is 0 Å². The lowest BCUT2D eigenvalue weighted by molar-refractivity contribution is 0.0948. The highest BCUT2D eigenvalue weighted by Crippen LogP contribution is 2.06. The van der Waals surface area contributed by atoms with Crippen LogP contribution in [0.25, 0.3) is 0 Å². The van der Waals surface area contributed by atoms with Crippen molar-refractivity contribution in [1.82, 2.24) is 10.3 Å². The zero-order valence-corrected chi connectivity index (χ0v) is 11.1. The first kappa shape index (κ1) is 13.8. The van der Waals surface area contributed by atoms with Gasteiger partial charge in [0, 0.05) is 25.5 Å². The van der Waals surface area contributed by atoms with Gasteiger partial charge in [-0.15, -0.1) is 0 Å². The van der Waals surface area contributed by atoms with Crippen molar-refractivity contribution < 1.29 is 4.79 Å². The monoisotopic (exact) mass is 253 g/mol. The third-order valence-corrected chi connectivity index (χ3v) is 3.04. The van der Waals surface area contributed by atoms with Crippen molar-refractivity contribution >= 4 is 23.4 Å². The molecule has 0 unspecified atom stereocenters. The second-order valence-corrected chi connectivity index (χ2v) is 4.62. The van der Waals surface area contributed by atoms with Crippen molar-refractivity contribution in [3.8, 4) is 0 Å². The van der Waals surface area contributed by atoms with E-state index in [0.717, 1.165) is 24.3 Å². The number of nitrogens with zero attached hydrogens (tertiary/aromatic N) is 1. The maximum Gasteiger partial charge on any atom is 0.269 e. The van der Waals surface area contributed by atoms with Gasteiger partial charge in [-0.3, -0.25) is 9.78 Å². The van der Waals surface area contributed by atoms with Crippen LogP contribution in [0.3, 0.4) is 0 Å². The van der Waals surface area contributed by atoms with E-state index in [2.05, 4.69) is 21.9 Å². The minimum absolute atomic E-state index is 0.105. The van der Waals surface area contributed by atoms with E-state index >= 15 is 0 Å². The molecule has 1 aromatic heterocycles. The Balaban J connectivity index is 2.36. The summed E-state index contributed by atoms with van der Waals surface area (Å²) in [5, 5.41) is 5.85. The molecule has 4 nitrogen and oxygen atoms in total. The van der Waals surface area contributed by atoms with E-state index in [1.54, 1.807) is 12.3 Å². The number of anilines is 1. The molecule has 0 saturated heterocycles. The van der Waals surface area contributed by atoms with Gasteiger partial charge in [0.05, 0.1) is 0 Å². The summed E-state index contributed by atoms with van der Waals surface area (Å²) in [5.74, 6) is 1.04. The Bertz CT molecular complexity index is 357. The molecule has 0 radical (unpaired) electrons. The highest BCUT2D eigenvalue weighted by atomic mass is 32.2. The maximum absolute atomic E-state index is 11.7. The third kappa shape index (κ3) is 5.08. The summed E-state index contributed by atoms with van der Waals surface area (Å²) >= 11 is 1.83. The summed E-state index contributed by atoms with van der Waals surface area (Å²) in [4.78, 5) is 15.8. The minimum atomic E-state index is -0.105. The number of thioether (sulfide) groups is 1. The van der Waals surface area contributed by atoms with Crippen LogP contribution in [0.1, 0.15) is 23.3 Å². The molecule has 1 amide bonds. The maximum atomic E-state index is 11.7. The quantitative estimate of drug-likeness (QED) is 0.730. The first-order valence-electron chi connectivity index (χ1n) is 5.69. The van der Waals surface area contributed by atoms with Crippen LogP contribution in [0.2, 0.25) is 0 Å². The summed E-state index contributed by atoms with van der Waals surface area (Å²) in [6.07, 6.45) is 5.87. The van der Waals surface area contributed by atoms with E-state index in [9.17, 15) is 4.79 Å². The van der Waals surface area contributed by atoms with Gasteiger partial charge in [-0.1, -0.05) is 0 Å². The van der Waals surface area contributed by atoms with Gasteiger partial charge in [0.25, 0.3) is 5.91 Å². The molecule has 1 rings (SSSR count). The Morgan fingerprint density at radius 1 is 1.47 bits per heavy atom. The van der Waals surface area contributed by atoms with Gasteiger partial charge in [0.15, 0.2) is 0 Å². The number of amides is 1. The second kappa shape index (κ2) is 7.95. The number of carbonyl (C=O) groups excluding carboxylic acids is 1. The predicted molar refractivity (Wildman–Crippen MR) is 73.7 cm³/mol. The number of pyridine rings is 1. The standard InChI is InChI=1S/C12H19N3OS/c1-13-10-5-7-14-11(9-10)12(16)15-6-3-4-8-17-2/h5,7,9H,3-4,6,8H2,1-2H3,(H,13,14)(H,15,16). The van der Waals surface area contributed by atoms with Gasteiger partial charge in [0.1, 0.15) is 5.69 Å². The van der Waals surface area contributed by atoms with Crippen molar-refractivity contribution in [3.63, 3.8) is 0 Å². The van der Waals surface area contributed by atoms with E-state index in [0.29, 0.717) is 12.2 Å². The Labute approximate surface area is 107 Å². The SMILES string of the molecule is CNc1ccnc(C(=O)NCCCCSC)c1. The fourth-order valence-electron chi connectivity index (χ4n) is 1.37. The molecule has 0 spiro atoms. The van der Waals surface area contributed by atoms with Crippen LogP contribution < -0.4 is 10.6 Å². The number of rotatable bonds is 7. The van der Waals surface area contributed by atoms with Gasteiger partial charge >= 0.3 is 0 Å². The Kier molecular flexibility index (Phi) is 6.47. The summed E-state index contributed by atoms with van der Waals surface area (Å²) < 4.78 is 0. The van der Waals surface area contributed by atoms with Crippen LogP contribution in [0, 0.1) is 0 Å². The Morgan fingerprint density at radius 2 is 2.29 bits per heavy atom. The number of hydrogen-bond acceptors (Lipinski definition) is 4. The van der Waals surface area contributed by atoms with Crippen LogP contribution in [0.4, 0.5) is 5.69 Å². The molecule has 0 saturated carbocycles. The molecule has 1 heterocycles. The van der Waals surface area contributed by atoms with Crippen molar-refractivity contribution in [1.29, 1.82) is 0 Å². The van der Waals surface area contributed by atoms with E-state index < -0.39 is 0 Å². The molecule has 0 atom stereocenters. The van der Waals surface area contributed by atoms with Crippen molar-refractivity contribution in [2.75, 3.05) is 30.9 Å². The predicted octanol–water partition coefficient (Wildman–Crippen LogP) is 2.00. The molecular weight excluding hydrogens is 234 g/mol. The largest absolute Gasteiger partial charge is 0.388 e. The van der Waals surface area contributed by atoms with Gasteiger partial charge in [-0.2, -0.15) is 11.8 Å². The molecule has 0 bridgehead atoms. The average molecular weight is 253 g/mol. The first-order valence-corrected chi connectivity index (χ1v) is 7.08. The van der Waals surface area contributed by atoms with Gasteiger partial charge in [-0.25, -0.2) is 0 Å². The number of hydrogen-bond donors (Lipinski definition) is 2. The van der Waals surface area contributed by atoms with E-state index in [1.165, 1.54) is 0 Å². The van der Waals surface area contributed by atoms with Gasteiger partial charge in [-0.05, 0) is 37.0 Å². The summed E-state index contributed by atoms with van der Waals surface area (Å²) in [6.45, 7) is 0.713. The van der Waals surface area contributed by atoms with E-state index in [-0.39, 0.29) is 5.91 Å². The molecular formula is C12H19N3OS. The molecule has 0 aliphatic heterocycles. The molecule has 94 valence electrons. The second-order valence-electron chi connectivity index (χ2n) is 3.64. The Hall–Kier alpha value is -1.23. The number of carbonyl (C=O) groups is 1. The lowest BCUT2D eigenvalue weighted by Gasteiger charge is -2.05. The fourth-order valence-corrected chi connectivity index (χ4v) is 1.87. The van der Waals surface area contributed by atoms with Crippen LogP contribution in [-0.2, 0) is 0 Å². The van der Waals surface area contributed by atoms with Crippen molar-refractivity contribution in [2.45, 2.75) is 12.8 Å². The summed E-state index contributed by atoms with van der Waals surface area (Å²) in [5.41, 5.74) is 1.36. The molecule has 0 aromatic carbocycles. The highest BCUT2D eigenvalue weighted by Gasteiger charge is 2.06. The summed E-state index contributed by atoms with van der Waals surface area (Å²) in [6, 6.07) is 3.58. The van der Waals surface area contributed by atoms with Gasteiger partial charge < -0.3 is 10.6 Å². The zero-order chi connectivity index (χ0) is 12.5. The van der Waals surface area contributed by atoms with Crippen LogP contribution in [0.5, 0.6) is 0 Å². The Morgan fingerprint density at radius 3 is 3.00 bits per heavy atom. The zero-order valence-electron chi connectivity index (χ0n) is 10.3. The lowest BCUT2D eigenvalue weighted by Crippen LogP contribution is -2.25. The number of nitrogens with one attached hydrogen (secondary N) is 2. The molecule has 17 heavy (non-hydrogen) atoms. The molecule has 0 aliphatic carbocycles. The highest BCUT2D eigenvalue weighted by molar-refractivity contribution is 7.98. The van der Waals surface area contributed by atoms with E-state index in [4.69, 9.17) is 0 Å². The summed E-state index contributed by atoms with van der Waals surface area (Å²) in [7, 11) is 1.82. The molecule has 0 fully saturated rings. The average Bonchev–Trinajstić information content (AvgIpc) is 2.38. The molecule has 1 aromatic rings. The molecule has 2 N–H and O–H groups in total.